The minimum Gasteiger partial charge on any atom is -0.348 e. The Balaban J connectivity index is 2.09. The summed E-state index contributed by atoms with van der Waals surface area (Å²) in [5, 5.41) is 7.81. The van der Waals surface area contributed by atoms with Gasteiger partial charge in [0, 0.05) is 5.56 Å². The fourth-order valence-corrected chi connectivity index (χ4v) is 3.61. The molecule has 0 saturated carbocycles. The van der Waals surface area contributed by atoms with E-state index < -0.39 is 0 Å². The second-order valence-electron chi connectivity index (χ2n) is 6.99. The van der Waals surface area contributed by atoms with Crippen molar-refractivity contribution in [3.05, 3.63) is 47.3 Å². The van der Waals surface area contributed by atoms with E-state index in [-0.39, 0.29) is 23.2 Å². The number of fused-ring (bicyclic) bond motifs is 1. The third-order valence-corrected chi connectivity index (χ3v) is 4.66. The van der Waals surface area contributed by atoms with Crippen molar-refractivity contribution < 1.29 is 4.79 Å². The number of alkyl halides is 1. The summed E-state index contributed by atoms with van der Waals surface area (Å²) in [5.41, 5.74) is 4.45. The van der Waals surface area contributed by atoms with Gasteiger partial charge in [-0.25, -0.2) is 4.68 Å². The van der Waals surface area contributed by atoms with Gasteiger partial charge in [-0.2, -0.15) is 5.10 Å². The van der Waals surface area contributed by atoms with Gasteiger partial charge >= 0.3 is 0 Å². The van der Waals surface area contributed by atoms with Crippen LogP contribution in [0.1, 0.15) is 43.3 Å². The lowest BCUT2D eigenvalue weighted by Gasteiger charge is -2.36. The molecule has 3 rings (SSSR count). The van der Waals surface area contributed by atoms with Crippen LogP contribution in [-0.4, -0.2) is 21.6 Å². The van der Waals surface area contributed by atoms with Crippen LogP contribution in [0.5, 0.6) is 0 Å². The Bertz CT molecular complexity index is 721. The average molecular weight is 332 g/mol. The predicted octanol–water partition coefficient (Wildman–Crippen LogP) is 3.55. The molecular formula is C18H22ClN3O. The maximum absolute atomic E-state index is 11.8. The van der Waals surface area contributed by atoms with Gasteiger partial charge < -0.3 is 5.32 Å². The lowest BCUT2D eigenvalue weighted by atomic mass is 9.73. The molecule has 1 unspecified atom stereocenters. The molecule has 23 heavy (non-hydrogen) atoms. The lowest BCUT2D eigenvalue weighted by Crippen LogP contribution is -2.37. The van der Waals surface area contributed by atoms with E-state index in [1.165, 1.54) is 5.69 Å². The molecule has 1 aliphatic carbocycles. The largest absolute Gasteiger partial charge is 0.348 e. The number of hydrogen-bond donors (Lipinski definition) is 1. The fourth-order valence-electron chi connectivity index (χ4n) is 3.53. The molecule has 5 heteroatoms. The Morgan fingerprint density at radius 2 is 2.09 bits per heavy atom. The first-order chi connectivity index (χ1) is 10.9. The van der Waals surface area contributed by atoms with Crippen LogP contribution in [0.25, 0.3) is 5.69 Å². The minimum absolute atomic E-state index is 0.0157. The van der Waals surface area contributed by atoms with Gasteiger partial charge in [-0.15, -0.1) is 11.6 Å². The molecule has 1 N–H and O–H groups in total. The Morgan fingerprint density at radius 3 is 2.74 bits per heavy atom. The molecule has 0 bridgehead atoms. The van der Waals surface area contributed by atoms with E-state index in [0.29, 0.717) is 0 Å². The van der Waals surface area contributed by atoms with Crippen molar-refractivity contribution in [2.75, 3.05) is 5.88 Å². The average Bonchev–Trinajstić information content (AvgIpc) is 2.83. The van der Waals surface area contributed by atoms with Gasteiger partial charge in [-0.05, 0) is 37.3 Å². The number of hydrogen-bond acceptors (Lipinski definition) is 2. The van der Waals surface area contributed by atoms with E-state index in [0.717, 1.165) is 29.8 Å². The third-order valence-electron chi connectivity index (χ3n) is 4.41. The van der Waals surface area contributed by atoms with Crippen molar-refractivity contribution in [2.45, 2.75) is 39.7 Å². The number of benzene rings is 1. The number of carbonyl (C=O) groups excluding carboxylic acids is 1. The second kappa shape index (κ2) is 6.00. The quantitative estimate of drug-likeness (QED) is 0.874. The summed E-state index contributed by atoms with van der Waals surface area (Å²) in [5.74, 6) is -0.148. The predicted molar refractivity (Wildman–Crippen MR) is 92.0 cm³/mol. The number of aromatic nitrogens is 2. The summed E-state index contributed by atoms with van der Waals surface area (Å²) in [7, 11) is 0. The highest BCUT2D eigenvalue weighted by atomic mass is 35.5. The molecular weight excluding hydrogens is 310 g/mol. The monoisotopic (exact) mass is 331 g/mol. The zero-order valence-corrected chi connectivity index (χ0v) is 14.5. The summed E-state index contributed by atoms with van der Waals surface area (Å²) < 4.78 is 2.02. The number of nitrogens with zero attached hydrogens (tertiary/aromatic N) is 2. The normalized spacial score (nSPS) is 19.2. The standard InChI is InChI=1S/C18H22ClN3O/c1-12-17-14(20-16(23)11-19)9-18(2,3)10-15(17)22(21-12)13-7-5-4-6-8-13/h4-8,14H,9-11H2,1-3H3,(H,20,23). The summed E-state index contributed by atoms with van der Waals surface area (Å²) in [6, 6.07) is 10.1. The molecule has 1 amide bonds. The molecule has 122 valence electrons. The molecule has 1 aromatic heterocycles. The summed E-state index contributed by atoms with van der Waals surface area (Å²) >= 11 is 5.68. The number of aryl methyl sites for hydroxylation is 1. The van der Waals surface area contributed by atoms with E-state index in [2.05, 4.69) is 31.3 Å². The highest BCUT2D eigenvalue weighted by molar-refractivity contribution is 6.27. The number of rotatable bonds is 3. The van der Waals surface area contributed by atoms with Crippen LogP contribution < -0.4 is 5.32 Å². The van der Waals surface area contributed by atoms with Crippen molar-refractivity contribution in [1.82, 2.24) is 15.1 Å². The number of amides is 1. The molecule has 1 atom stereocenters. The van der Waals surface area contributed by atoms with Crippen LogP contribution in [-0.2, 0) is 11.2 Å². The highest BCUT2D eigenvalue weighted by Gasteiger charge is 2.37. The molecule has 0 spiro atoms. The van der Waals surface area contributed by atoms with Crippen molar-refractivity contribution in [2.24, 2.45) is 5.41 Å². The Hall–Kier alpha value is -1.81. The zero-order valence-electron chi connectivity index (χ0n) is 13.8. The molecule has 0 radical (unpaired) electrons. The first-order valence-corrected chi connectivity index (χ1v) is 8.44. The van der Waals surface area contributed by atoms with Crippen molar-refractivity contribution in [3.8, 4) is 5.69 Å². The molecule has 2 aromatic rings. The second-order valence-corrected chi connectivity index (χ2v) is 7.26. The summed E-state index contributed by atoms with van der Waals surface area (Å²) in [4.78, 5) is 11.8. The van der Waals surface area contributed by atoms with E-state index in [1.807, 2.05) is 29.8 Å². The van der Waals surface area contributed by atoms with Gasteiger partial charge in [-0.1, -0.05) is 32.0 Å². The van der Waals surface area contributed by atoms with Gasteiger partial charge in [0.15, 0.2) is 0 Å². The van der Waals surface area contributed by atoms with Gasteiger partial charge in [0.1, 0.15) is 5.88 Å². The maximum atomic E-state index is 11.8. The lowest BCUT2D eigenvalue weighted by molar-refractivity contribution is -0.119. The summed E-state index contributed by atoms with van der Waals surface area (Å²) in [6.07, 6.45) is 1.83. The summed E-state index contributed by atoms with van der Waals surface area (Å²) in [6.45, 7) is 6.47. The molecule has 1 aliphatic rings. The highest BCUT2D eigenvalue weighted by Crippen LogP contribution is 2.42. The molecule has 1 aromatic carbocycles. The molecule has 0 fully saturated rings. The first kappa shape index (κ1) is 16.1. The minimum atomic E-state index is -0.132. The number of nitrogens with one attached hydrogen (secondary N) is 1. The fraction of sp³-hybridized carbons (Fsp3) is 0.444. The van der Waals surface area contributed by atoms with E-state index in [9.17, 15) is 4.79 Å². The van der Waals surface area contributed by atoms with E-state index in [1.54, 1.807) is 0 Å². The van der Waals surface area contributed by atoms with Gasteiger partial charge in [0.25, 0.3) is 0 Å². The maximum Gasteiger partial charge on any atom is 0.235 e. The van der Waals surface area contributed by atoms with Gasteiger partial charge in [-0.3, -0.25) is 4.79 Å². The number of para-hydroxylation sites is 1. The van der Waals surface area contributed by atoms with Crippen LogP contribution >= 0.6 is 11.6 Å². The molecule has 0 aliphatic heterocycles. The number of halogens is 1. The van der Waals surface area contributed by atoms with E-state index >= 15 is 0 Å². The topological polar surface area (TPSA) is 46.9 Å². The molecule has 1 heterocycles. The van der Waals surface area contributed by atoms with Gasteiger partial charge in [0.2, 0.25) is 5.91 Å². The third kappa shape index (κ3) is 3.13. The van der Waals surface area contributed by atoms with Crippen LogP contribution in [0.2, 0.25) is 0 Å². The van der Waals surface area contributed by atoms with Crippen molar-refractivity contribution in [1.29, 1.82) is 0 Å². The first-order valence-electron chi connectivity index (χ1n) is 7.90. The van der Waals surface area contributed by atoms with Crippen molar-refractivity contribution in [3.63, 3.8) is 0 Å². The van der Waals surface area contributed by atoms with Crippen LogP contribution in [0.3, 0.4) is 0 Å². The van der Waals surface area contributed by atoms with Crippen LogP contribution in [0.15, 0.2) is 30.3 Å². The smallest absolute Gasteiger partial charge is 0.235 e. The van der Waals surface area contributed by atoms with E-state index in [4.69, 9.17) is 16.7 Å². The SMILES string of the molecule is Cc1nn(-c2ccccc2)c2c1C(NC(=O)CCl)CC(C)(C)C2. The Kier molecular flexibility index (Phi) is 4.19. The van der Waals surface area contributed by atoms with Crippen LogP contribution in [0, 0.1) is 12.3 Å². The Labute approximate surface area is 141 Å². The number of carbonyl (C=O) groups is 1. The van der Waals surface area contributed by atoms with Crippen molar-refractivity contribution >= 4 is 17.5 Å². The van der Waals surface area contributed by atoms with Crippen LogP contribution in [0.4, 0.5) is 0 Å². The zero-order chi connectivity index (χ0) is 16.6. The Morgan fingerprint density at radius 1 is 1.39 bits per heavy atom. The molecule has 0 saturated heterocycles. The molecule has 4 nitrogen and oxygen atoms in total. The van der Waals surface area contributed by atoms with Gasteiger partial charge in [0.05, 0.1) is 23.1 Å².